The van der Waals surface area contributed by atoms with Gasteiger partial charge in [0.15, 0.2) is 6.61 Å². The second-order valence-corrected chi connectivity index (χ2v) is 5.45. The number of esters is 1. The van der Waals surface area contributed by atoms with E-state index in [-0.39, 0.29) is 5.56 Å². The van der Waals surface area contributed by atoms with Crippen molar-refractivity contribution in [2.24, 2.45) is 5.73 Å². The van der Waals surface area contributed by atoms with E-state index >= 15 is 0 Å². The number of ether oxygens (including phenoxy) is 2. The van der Waals surface area contributed by atoms with Crippen LogP contribution in [0.25, 0.3) is 16.9 Å². The third-order valence-electron chi connectivity index (χ3n) is 3.64. The van der Waals surface area contributed by atoms with Gasteiger partial charge in [0.25, 0.3) is 5.91 Å². The minimum atomic E-state index is -0.725. The molecule has 3 rings (SSSR count). The maximum atomic E-state index is 12.4. The first kappa shape index (κ1) is 17.2. The number of aromatic nitrogens is 2. The second kappa shape index (κ2) is 7.52. The molecule has 1 aromatic heterocycles. The van der Waals surface area contributed by atoms with E-state index in [4.69, 9.17) is 15.2 Å². The molecule has 0 saturated heterocycles. The van der Waals surface area contributed by atoms with E-state index in [9.17, 15) is 9.59 Å². The highest BCUT2D eigenvalue weighted by molar-refractivity contribution is 5.97. The van der Waals surface area contributed by atoms with E-state index in [0.717, 1.165) is 5.69 Å². The molecule has 26 heavy (non-hydrogen) atoms. The third kappa shape index (κ3) is 3.72. The molecule has 0 bridgehead atoms. The molecule has 0 aliphatic carbocycles. The summed E-state index contributed by atoms with van der Waals surface area (Å²) in [4.78, 5) is 23.3. The zero-order valence-corrected chi connectivity index (χ0v) is 14.1. The van der Waals surface area contributed by atoms with E-state index in [0.29, 0.717) is 17.0 Å². The minimum Gasteiger partial charge on any atom is -0.497 e. The molecule has 0 aliphatic rings. The number of hydrogen-bond acceptors (Lipinski definition) is 5. The van der Waals surface area contributed by atoms with Crippen LogP contribution in [0.2, 0.25) is 0 Å². The number of amides is 1. The topological polar surface area (TPSA) is 96.4 Å². The van der Waals surface area contributed by atoms with Crippen LogP contribution in [0.4, 0.5) is 0 Å². The van der Waals surface area contributed by atoms with E-state index < -0.39 is 18.5 Å². The summed E-state index contributed by atoms with van der Waals surface area (Å²) in [7, 11) is 1.56. The first-order valence-corrected chi connectivity index (χ1v) is 7.83. The normalized spacial score (nSPS) is 10.3. The number of nitrogens with zero attached hydrogens (tertiary/aromatic N) is 2. The monoisotopic (exact) mass is 351 g/mol. The van der Waals surface area contributed by atoms with Gasteiger partial charge in [0, 0.05) is 11.8 Å². The summed E-state index contributed by atoms with van der Waals surface area (Å²) in [6.45, 7) is -0.493. The lowest BCUT2D eigenvalue weighted by Crippen LogP contribution is -2.21. The van der Waals surface area contributed by atoms with Crippen molar-refractivity contribution in [3.05, 3.63) is 66.4 Å². The number of methoxy groups -OCH3 is 1. The van der Waals surface area contributed by atoms with Crippen molar-refractivity contribution in [2.75, 3.05) is 13.7 Å². The lowest BCUT2D eigenvalue weighted by atomic mass is 10.1. The Hall–Kier alpha value is -3.61. The summed E-state index contributed by atoms with van der Waals surface area (Å²) in [6.07, 6.45) is 1.56. The fourth-order valence-corrected chi connectivity index (χ4v) is 2.43. The van der Waals surface area contributed by atoms with Crippen molar-refractivity contribution < 1.29 is 19.1 Å². The van der Waals surface area contributed by atoms with Crippen LogP contribution in [-0.4, -0.2) is 35.4 Å². The molecule has 0 aliphatic heterocycles. The highest BCUT2D eigenvalue weighted by atomic mass is 16.5. The van der Waals surface area contributed by atoms with Gasteiger partial charge in [-0.15, -0.1) is 0 Å². The number of carbonyl (C=O) groups excluding carboxylic acids is 2. The minimum absolute atomic E-state index is 0.225. The fourth-order valence-electron chi connectivity index (χ4n) is 2.43. The first-order chi connectivity index (χ1) is 12.6. The van der Waals surface area contributed by atoms with Crippen molar-refractivity contribution in [1.29, 1.82) is 0 Å². The van der Waals surface area contributed by atoms with Gasteiger partial charge in [-0.1, -0.05) is 30.3 Å². The average molecular weight is 351 g/mol. The number of hydrogen-bond donors (Lipinski definition) is 1. The van der Waals surface area contributed by atoms with Gasteiger partial charge in [-0.25, -0.2) is 9.48 Å². The molecule has 0 unspecified atom stereocenters. The molecule has 1 amide bonds. The molecule has 0 spiro atoms. The van der Waals surface area contributed by atoms with Crippen LogP contribution in [-0.2, 0) is 9.53 Å². The molecule has 3 aromatic rings. The number of para-hydroxylation sites is 1. The Morgan fingerprint density at radius 1 is 1.12 bits per heavy atom. The summed E-state index contributed by atoms with van der Waals surface area (Å²) in [5.74, 6) is -0.770. The van der Waals surface area contributed by atoms with Crippen LogP contribution in [0.1, 0.15) is 10.4 Å². The molecule has 132 valence electrons. The third-order valence-corrected chi connectivity index (χ3v) is 3.64. The van der Waals surface area contributed by atoms with Gasteiger partial charge in [-0.05, 0) is 24.3 Å². The van der Waals surface area contributed by atoms with Crippen LogP contribution >= 0.6 is 0 Å². The molecular weight excluding hydrogens is 334 g/mol. The fraction of sp³-hybridized carbons (Fsp3) is 0.105. The average Bonchev–Trinajstić information content (AvgIpc) is 3.12. The SMILES string of the molecule is COc1cccc(-c2nn(-c3ccccc3)cc2C(=O)OCC(N)=O)c1. The quantitative estimate of drug-likeness (QED) is 0.687. The van der Waals surface area contributed by atoms with Gasteiger partial charge in [-0.3, -0.25) is 4.79 Å². The van der Waals surface area contributed by atoms with Crippen molar-refractivity contribution in [3.63, 3.8) is 0 Å². The van der Waals surface area contributed by atoms with Crippen LogP contribution in [0, 0.1) is 0 Å². The van der Waals surface area contributed by atoms with Gasteiger partial charge in [-0.2, -0.15) is 5.10 Å². The van der Waals surface area contributed by atoms with Gasteiger partial charge < -0.3 is 15.2 Å². The van der Waals surface area contributed by atoms with Gasteiger partial charge in [0.05, 0.1) is 12.8 Å². The number of benzene rings is 2. The van der Waals surface area contributed by atoms with Crippen LogP contribution in [0.3, 0.4) is 0 Å². The molecule has 7 nitrogen and oxygen atoms in total. The van der Waals surface area contributed by atoms with Crippen LogP contribution in [0.5, 0.6) is 5.75 Å². The Balaban J connectivity index is 2.06. The number of rotatable bonds is 6. The molecule has 0 radical (unpaired) electrons. The number of nitrogens with two attached hydrogens (primary N) is 1. The predicted octanol–water partition coefficient (Wildman–Crippen LogP) is 2.19. The largest absolute Gasteiger partial charge is 0.497 e. The predicted molar refractivity (Wildman–Crippen MR) is 95.0 cm³/mol. The molecule has 2 N–H and O–H groups in total. The van der Waals surface area contributed by atoms with Crippen LogP contribution < -0.4 is 10.5 Å². The molecular formula is C19H17N3O4. The molecule has 1 heterocycles. The Labute approximate surface area is 150 Å². The Bertz CT molecular complexity index is 935. The summed E-state index contributed by atoms with van der Waals surface area (Å²) in [6, 6.07) is 16.5. The van der Waals surface area contributed by atoms with Crippen molar-refractivity contribution in [2.45, 2.75) is 0 Å². The highest BCUT2D eigenvalue weighted by Crippen LogP contribution is 2.27. The Kier molecular flexibility index (Phi) is 4.98. The van der Waals surface area contributed by atoms with Gasteiger partial charge in [0.1, 0.15) is 17.0 Å². The Morgan fingerprint density at radius 2 is 1.88 bits per heavy atom. The zero-order valence-electron chi connectivity index (χ0n) is 14.1. The van der Waals surface area contributed by atoms with Crippen LogP contribution in [0.15, 0.2) is 60.8 Å². The van der Waals surface area contributed by atoms with Crippen molar-refractivity contribution in [1.82, 2.24) is 9.78 Å². The maximum Gasteiger partial charge on any atom is 0.342 e. The Morgan fingerprint density at radius 3 is 2.58 bits per heavy atom. The molecule has 0 fully saturated rings. The standard InChI is InChI=1S/C19H17N3O4/c1-25-15-9-5-6-13(10-15)18-16(19(24)26-12-17(20)23)11-22(21-18)14-7-3-2-4-8-14/h2-11H,12H2,1H3,(H2,20,23). The first-order valence-electron chi connectivity index (χ1n) is 7.83. The van der Waals surface area contributed by atoms with Crippen molar-refractivity contribution >= 4 is 11.9 Å². The van der Waals surface area contributed by atoms with Gasteiger partial charge in [0.2, 0.25) is 0 Å². The summed E-state index contributed by atoms with van der Waals surface area (Å²) in [5.41, 5.74) is 7.16. The van der Waals surface area contributed by atoms with Gasteiger partial charge >= 0.3 is 5.97 Å². The number of primary amides is 1. The van der Waals surface area contributed by atoms with Crippen molar-refractivity contribution in [3.8, 4) is 22.7 Å². The lowest BCUT2D eigenvalue weighted by Gasteiger charge is -2.05. The number of carbonyl (C=O) groups is 2. The van der Waals surface area contributed by atoms with E-state index in [1.54, 1.807) is 36.2 Å². The van der Waals surface area contributed by atoms with E-state index in [1.165, 1.54) is 0 Å². The second-order valence-electron chi connectivity index (χ2n) is 5.45. The van der Waals surface area contributed by atoms with E-state index in [2.05, 4.69) is 5.10 Å². The summed E-state index contributed by atoms with van der Waals surface area (Å²) in [5, 5.41) is 4.52. The molecule has 7 heteroatoms. The summed E-state index contributed by atoms with van der Waals surface area (Å²) < 4.78 is 11.8. The molecule has 0 atom stereocenters. The maximum absolute atomic E-state index is 12.4. The molecule has 0 saturated carbocycles. The smallest absolute Gasteiger partial charge is 0.342 e. The lowest BCUT2D eigenvalue weighted by molar-refractivity contribution is -0.121. The van der Waals surface area contributed by atoms with E-state index in [1.807, 2.05) is 36.4 Å². The zero-order chi connectivity index (χ0) is 18.5. The summed E-state index contributed by atoms with van der Waals surface area (Å²) >= 11 is 0. The molecule has 2 aromatic carbocycles. The highest BCUT2D eigenvalue weighted by Gasteiger charge is 2.20.